The van der Waals surface area contributed by atoms with Crippen molar-refractivity contribution in [2.24, 2.45) is 0 Å². The lowest BCUT2D eigenvalue weighted by atomic mass is 10.3. The predicted molar refractivity (Wildman–Crippen MR) is 122 cm³/mol. The number of urea groups is 1. The van der Waals surface area contributed by atoms with E-state index >= 15 is 0 Å². The quantitative estimate of drug-likeness (QED) is 0.569. The average Bonchev–Trinajstić information content (AvgIpc) is 3.28. The molecule has 0 aliphatic carbocycles. The van der Waals surface area contributed by atoms with E-state index in [0.717, 1.165) is 44.0 Å². The highest BCUT2D eigenvalue weighted by Gasteiger charge is 2.26. The number of para-hydroxylation sites is 2. The molecule has 2 amide bonds. The summed E-state index contributed by atoms with van der Waals surface area (Å²) in [6, 6.07) is 15.1. The third-order valence-electron chi connectivity index (χ3n) is 5.90. The van der Waals surface area contributed by atoms with Crippen LogP contribution < -0.4 is 9.47 Å². The fourth-order valence-corrected chi connectivity index (χ4v) is 4.01. The van der Waals surface area contributed by atoms with Gasteiger partial charge in [-0.2, -0.15) is 4.98 Å². The Bertz CT molecular complexity index is 1020. The van der Waals surface area contributed by atoms with Crippen molar-refractivity contribution in [1.29, 1.82) is 0 Å². The monoisotopic (exact) mass is 452 g/mol. The maximum atomic E-state index is 12.6. The van der Waals surface area contributed by atoms with Gasteiger partial charge in [-0.25, -0.2) is 4.79 Å². The van der Waals surface area contributed by atoms with Gasteiger partial charge in [0.15, 0.2) is 5.58 Å². The van der Waals surface area contributed by atoms with Crippen molar-refractivity contribution in [2.75, 3.05) is 65.6 Å². The highest BCUT2D eigenvalue weighted by atomic mass is 16.6. The lowest BCUT2D eigenvalue weighted by Gasteiger charge is -2.38. The molecule has 3 aromatic rings. The van der Waals surface area contributed by atoms with Crippen LogP contribution in [0.15, 0.2) is 52.9 Å². The first-order chi connectivity index (χ1) is 16.2. The van der Waals surface area contributed by atoms with Crippen LogP contribution in [0.25, 0.3) is 11.1 Å². The molecule has 5 rings (SSSR count). The molecule has 2 aliphatic rings. The normalized spacial score (nSPS) is 17.3. The van der Waals surface area contributed by atoms with Crippen LogP contribution in [0.5, 0.6) is 17.6 Å². The van der Waals surface area contributed by atoms with E-state index in [-0.39, 0.29) is 12.1 Å². The number of ether oxygens (including phenoxy) is 3. The molecule has 0 atom stereocenters. The molecule has 0 N–H and O–H groups in total. The van der Waals surface area contributed by atoms with Crippen LogP contribution in [-0.2, 0) is 4.74 Å². The van der Waals surface area contributed by atoms with Crippen molar-refractivity contribution in [3.05, 3.63) is 48.5 Å². The summed E-state index contributed by atoms with van der Waals surface area (Å²) < 4.78 is 22.5. The molecule has 2 fully saturated rings. The lowest BCUT2D eigenvalue weighted by molar-refractivity contribution is 0.0370. The lowest BCUT2D eigenvalue weighted by Crippen LogP contribution is -2.55. The summed E-state index contributed by atoms with van der Waals surface area (Å²) in [7, 11) is 0. The number of nitrogens with zero attached hydrogens (tertiary/aromatic N) is 4. The molecule has 2 aromatic carbocycles. The Balaban J connectivity index is 1.03. The number of carbonyl (C=O) groups excluding carboxylic acids is 1. The van der Waals surface area contributed by atoms with Gasteiger partial charge in [0.2, 0.25) is 0 Å². The molecule has 0 radical (unpaired) electrons. The van der Waals surface area contributed by atoms with Crippen molar-refractivity contribution < 1.29 is 23.4 Å². The minimum atomic E-state index is 0.134. The molecule has 0 spiro atoms. The van der Waals surface area contributed by atoms with Gasteiger partial charge in [0.25, 0.3) is 0 Å². The Morgan fingerprint density at radius 3 is 2.33 bits per heavy atom. The Kier molecular flexibility index (Phi) is 6.59. The van der Waals surface area contributed by atoms with Crippen molar-refractivity contribution in [1.82, 2.24) is 19.7 Å². The van der Waals surface area contributed by atoms with Gasteiger partial charge in [-0.05, 0) is 36.4 Å². The number of rotatable bonds is 6. The Morgan fingerprint density at radius 2 is 1.58 bits per heavy atom. The van der Waals surface area contributed by atoms with Crippen LogP contribution in [-0.4, -0.2) is 91.3 Å². The predicted octanol–water partition coefficient (Wildman–Crippen LogP) is 3.07. The zero-order valence-electron chi connectivity index (χ0n) is 18.5. The van der Waals surface area contributed by atoms with Gasteiger partial charge in [-0.15, -0.1) is 0 Å². The SMILES string of the molecule is O=C(N1CCOCC1)N1CCN(CCOc2ccc(Oc3nc4ccccc4o3)cc2)CC1. The van der Waals surface area contributed by atoms with Crippen LogP contribution in [0.3, 0.4) is 0 Å². The number of benzene rings is 2. The van der Waals surface area contributed by atoms with E-state index in [0.29, 0.717) is 44.2 Å². The Labute approximate surface area is 192 Å². The largest absolute Gasteiger partial charge is 0.492 e. The van der Waals surface area contributed by atoms with E-state index in [1.165, 1.54) is 0 Å². The van der Waals surface area contributed by atoms with Crippen LogP contribution in [0.4, 0.5) is 4.79 Å². The number of morpholine rings is 1. The van der Waals surface area contributed by atoms with E-state index in [9.17, 15) is 4.79 Å². The maximum Gasteiger partial charge on any atom is 0.400 e. The third kappa shape index (κ3) is 5.37. The molecule has 0 unspecified atom stereocenters. The van der Waals surface area contributed by atoms with Crippen LogP contribution in [0, 0.1) is 0 Å². The van der Waals surface area contributed by atoms with Gasteiger partial charge < -0.3 is 28.4 Å². The summed E-state index contributed by atoms with van der Waals surface area (Å²) in [5, 5.41) is 0. The van der Waals surface area contributed by atoms with E-state index < -0.39 is 0 Å². The van der Waals surface area contributed by atoms with E-state index in [1.54, 1.807) is 0 Å². The van der Waals surface area contributed by atoms with Crippen LogP contribution in [0.1, 0.15) is 0 Å². The summed E-state index contributed by atoms with van der Waals surface area (Å²) in [4.78, 5) is 23.1. The first kappa shape index (κ1) is 21.5. The molecule has 3 heterocycles. The van der Waals surface area contributed by atoms with Gasteiger partial charge in [0.05, 0.1) is 13.2 Å². The molecular weight excluding hydrogens is 424 g/mol. The second-order valence-corrected chi connectivity index (χ2v) is 8.08. The number of aromatic nitrogens is 1. The van der Waals surface area contributed by atoms with Gasteiger partial charge in [0.1, 0.15) is 23.6 Å². The van der Waals surface area contributed by atoms with Crippen LogP contribution in [0.2, 0.25) is 0 Å². The summed E-state index contributed by atoms with van der Waals surface area (Å²) in [5.41, 5.74) is 1.46. The average molecular weight is 453 g/mol. The van der Waals surface area contributed by atoms with Gasteiger partial charge in [0, 0.05) is 45.8 Å². The first-order valence-corrected chi connectivity index (χ1v) is 11.3. The Hall–Kier alpha value is -3.30. The maximum absolute atomic E-state index is 12.6. The second kappa shape index (κ2) is 10.1. The van der Waals surface area contributed by atoms with Crippen molar-refractivity contribution >= 4 is 17.1 Å². The number of fused-ring (bicyclic) bond motifs is 1. The molecule has 9 nitrogen and oxygen atoms in total. The molecule has 2 saturated heterocycles. The molecule has 174 valence electrons. The molecule has 9 heteroatoms. The minimum Gasteiger partial charge on any atom is -0.492 e. The summed E-state index contributed by atoms with van der Waals surface area (Å²) in [6.45, 7) is 7.25. The topological polar surface area (TPSA) is 80.5 Å². The first-order valence-electron chi connectivity index (χ1n) is 11.3. The van der Waals surface area contributed by atoms with Gasteiger partial charge >= 0.3 is 12.1 Å². The zero-order chi connectivity index (χ0) is 22.5. The van der Waals surface area contributed by atoms with Crippen molar-refractivity contribution in [2.45, 2.75) is 0 Å². The highest BCUT2D eigenvalue weighted by molar-refractivity contribution is 5.74. The number of oxazole rings is 1. The van der Waals surface area contributed by atoms with Crippen molar-refractivity contribution in [3.8, 4) is 17.6 Å². The van der Waals surface area contributed by atoms with Crippen LogP contribution >= 0.6 is 0 Å². The second-order valence-electron chi connectivity index (χ2n) is 8.08. The summed E-state index contributed by atoms with van der Waals surface area (Å²) in [5.74, 6) is 1.41. The number of amides is 2. The minimum absolute atomic E-state index is 0.134. The molecule has 2 aliphatic heterocycles. The molecule has 0 bridgehead atoms. The highest BCUT2D eigenvalue weighted by Crippen LogP contribution is 2.26. The smallest absolute Gasteiger partial charge is 0.400 e. The van der Waals surface area contributed by atoms with E-state index in [1.807, 2.05) is 58.3 Å². The zero-order valence-corrected chi connectivity index (χ0v) is 18.5. The summed E-state index contributed by atoms with van der Waals surface area (Å²) >= 11 is 0. The summed E-state index contributed by atoms with van der Waals surface area (Å²) in [6.07, 6.45) is 0.219. The van der Waals surface area contributed by atoms with Gasteiger partial charge in [-0.3, -0.25) is 4.90 Å². The van der Waals surface area contributed by atoms with E-state index in [2.05, 4.69) is 9.88 Å². The number of hydrogen-bond donors (Lipinski definition) is 0. The molecule has 33 heavy (non-hydrogen) atoms. The standard InChI is InChI=1S/C24H28N4O5/c29-24(28-14-16-30-17-15-28)27-11-9-26(10-12-27)13-18-31-19-5-7-20(8-6-19)32-23-25-21-3-1-2-4-22(21)33-23/h1-8H,9-18H2. The number of hydrogen-bond acceptors (Lipinski definition) is 7. The molecule has 0 saturated carbocycles. The molecular formula is C24H28N4O5. The number of carbonyl (C=O) groups is 1. The van der Waals surface area contributed by atoms with Gasteiger partial charge in [-0.1, -0.05) is 12.1 Å². The Morgan fingerprint density at radius 1 is 0.879 bits per heavy atom. The fraction of sp³-hybridized carbons (Fsp3) is 0.417. The third-order valence-corrected chi connectivity index (χ3v) is 5.90. The van der Waals surface area contributed by atoms with E-state index in [4.69, 9.17) is 18.6 Å². The van der Waals surface area contributed by atoms with Crippen molar-refractivity contribution in [3.63, 3.8) is 0 Å². The molecule has 1 aromatic heterocycles. The number of piperazine rings is 1. The fourth-order valence-electron chi connectivity index (χ4n) is 4.01.